The van der Waals surface area contributed by atoms with E-state index < -0.39 is 66.3 Å². The van der Waals surface area contributed by atoms with Gasteiger partial charge in [0.05, 0.1) is 50.6 Å². The molecule has 310 valence electrons. The van der Waals surface area contributed by atoms with Crippen LogP contribution in [0.5, 0.6) is 0 Å². The molecule has 2 aromatic rings. The zero-order valence-electron chi connectivity index (χ0n) is 33.8. The zero-order valence-corrected chi connectivity index (χ0v) is 33.8. The molecule has 2 aliphatic rings. The van der Waals surface area contributed by atoms with E-state index in [0.29, 0.717) is 32.4 Å². The molecule has 0 aromatic heterocycles. The van der Waals surface area contributed by atoms with Gasteiger partial charge in [-0.2, -0.15) is 0 Å². The van der Waals surface area contributed by atoms with Gasteiger partial charge >= 0.3 is 5.97 Å². The van der Waals surface area contributed by atoms with E-state index in [0.717, 1.165) is 11.1 Å². The minimum atomic E-state index is -1.31. The van der Waals surface area contributed by atoms with Crippen molar-refractivity contribution < 1.29 is 38.6 Å². The van der Waals surface area contributed by atoms with Crippen LogP contribution in [-0.4, -0.2) is 101 Å². The van der Waals surface area contributed by atoms with Crippen LogP contribution in [0.25, 0.3) is 0 Å². The second kappa shape index (κ2) is 22.0. The molecular formula is C43H60N6O8. The SMILES string of the molecule is CC[C@H](C)[C@H](NC(=O)C[C@H](O)[C@H](CC(C)C)NC(=O)CC1C=CCN2C(=O)CCC(CNCc3ccccc3)C(=O)N12)C(=O)N[C@@H](Cc1ccccc1)C(=O)OC. The van der Waals surface area contributed by atoms with Crippen LogP contribution in [0.4, 0.5) is 0 Å². The number of aliphatic hydroxyl groups excluding tert-OH is 1. The van der Waals surface area contributed by atoms with E-state index in [-0.39, 0.29) is 49.5 Å². The van der Waals surface area contributed by atoms with Crippen molar-refractivity contribution in [2.45, 2.75) is 109 Å². The monoisotopic (exact) mass is 788 g/mol. The molecule has 4 rings (SSSR count). The van der Waals surface area contributed by atoms with Gasteiger partial charge in [-0.1, -0.05) is 107 Å². The fourth-order valence-electron chi connectivity index (χ4n) is 7.23. The molecule has 0 radical (unpaired) electrons. The number of nitrogens with one attached hydrogen (secondary N) is 4. The number of hydrogen-bond donors (Lipinski definition) is 5. The second-order valence-corrected chi connectivity index (χ2v) is 15.5. The molecule has 0 saturated carbocycles. The Kier molecular flexibility index (Phi) is 17.2. The number of nitrogens with zero attached hydrogens (tertiary/aromatic N) is 2. The number of esters is 1. The van der Waals surface area contributed by atoms with Crippen LogP contribution in [0, 0.1) is 17.8 Å². The average molecular weight is 789 g/mol. The number of hydrazine groups is 1. The smallest absolute Gasteiger partial charge is 0.328 e. The number of amides is 5. The third-order valence-corrected chi connectivity index (χ3v) is 10.6. The van der Waals surface area contributed by atoms with Gasteiger partial charge in [0, 0.05) is 25.9 Å². The first kappa shape index (κ1) is 44.6. The number of hydrogen-bond acceptors (Lipinski definition) is 9. The molecule has 2 aliphatic heterocycles. The van der Waals surface area contributed by atoms with Gasteiger partial charge < -0.3 is 31.1 Å². The van der Waals surface area contributed by atoms with Gasteiger partial charge in [0.25, 0.3) is 0 Å². The molecule has 1 fully saturated rings. The summed E-state index contributed by atoms with van der Waals surface area (Å²) in [4.78, 5) is 80.4. The molecule has 0 aliphatic carbocycles. The Balaban J connectivity index is 1.39. The summed E-state index contributed by atoms with van der Waals surface area (Å²) in [6.07, 6.45) is 3.32. The first-order valence-electron chi connectivity index (χ1n) is 20.0. The fraction of sp³-hybridized carbons (Fsp3) is 0.535. The Hall–Kier alpha value is -5.08. The van der Waals surface area contributed by atoms with E-state index >= 15 is 0 Å². The van der Waals surface area contributed by atoms with E-state index in [2.05, 4.69) is 21.3 Å². The molecule has 14 nitrogen and oxygen atoms in total. The maximum atomic E-state index is 13.9. The highest BCUT2D eigenvalue weighted by molar-refractivity contribution is 5.91. The largest absolute Gasteiger partial charge is 0.467 e. The number of ether oxygens (including phenoxy) is 1. The van der Waals surface area contributed by atoms with Gasteiger partial charge in [-0.15, -0.1) is 0 Å². The predicted molar refractivity (Wildman–Crippen MR) is 214 cm³/mol. The van der Waals surface area contributed by atoms with Crippen LogP contribution in [-0.2, 0) is 46.5 Å². The molecule has 0 bridgehead atoms. The summed E-state index contributed by atoms with van der Waals surface area (Å²) in [6.45, 7) is 8.71. The van der Waals surface area contributed by atoms with E-state index in [4.69, 9.17) is 4.74 Å². The molecule has 14 heteroatoms. The number of rotatable bonds is 20. The van der Waals surface area contributed by atoms with Crippen LogP contribution in [0.2, 0.25) is 0 Å². The van der Waals surface area contributed by atoms with Gasteiger partial charge in [-0.05, 0) is 35.8 Å². The number of carbonyl (C=O) groups excluding carboxylic acids is 6. The lowest BCUT2D eigenvalue weighted by Crippen LogP contribution is -2.58. The number of fused-ring (bicyclic) bond motifs is 1. The van der Waals surface area contributed by atoms with Crippen molar-refractivity contribution in [2.75, 3.05) is 20.2 Å². The van der Waals surface area contributed by atoms with Gasteiger partial charge in [-0.25, -0.2) is 14.8 Å². The highest BCUT2D eigenvalue weighted by Gasteiger charge is 2.41. The van der Waals surface area contributed by atoms with E-state index in [1.807, 2.05) is 81.4 Å². The number of methoxy groups -OCH3 is 1. The maximum absolute atomic E-state index is 13.9. The molecule has 0 spiro atoms. The minimum absolute atomic E-state index is 0.0329. The molecule has 5 amide bonds. The van der Waals surface area contributed by atoms with Crippen molar-refractivity contribution in [3.63, 3.8) is 0 Å². The Morgan fingerprint density at radius 1 is 0.912 bits per heavy atom. The molecule has 5 N–H and O–H groups in total. The average Bonchev–Trinajstić information content (AvgIpc) is 3.31. The third kappa shape index (κ3) is 13.2. The molecule has 2 aromatic carbocycles. The van der Waals surface area contributed by atoms with Crippen molar-refractivity contribution in [3.8, 4) is 0 Å². The quantitative estimate of drug-likeness (QED) is 0.0994. The third-order valence-electron chi connectivity index (χ3n) is 10.6. The molecule has 2 unspecified atom stereocenters. The Morgan fingerprint density at radius 2 is 1.58 bits per heavy atom. The summed E-state index contributed by atoms with van der Waals surface area (Å²) in [5.41, 5.74) is 1.89. The van der Waals surface area contributed by atoms with Crippen molar-refractivity contribution >= 4 is 35.5 Å². The van der Waals surface area contributed by atoms with Crippen LogP contribution in [0.3, 0.4) is 0 Å². The summed E-state index contributed by atoms with van der Waals surface area (Å²) in [7, 11) is 1.24. The summed E-state index contributed by atoms with van der Waals surface area (Å²) >= 11 is 0. The number of aliphatic hydroxyl groups is 1. The van der Waals surface area contributed by atoms with Crippen molar-refractivity contribution in [1.82, 2.24) is 31.3 Å². The topological polar surface area (TPSA) is 186 Å². The molecule has 1 saturated heterocycles. The summed E-state index contributed by atoms with van der Waals surface area (Å²) in [5.74, 6) is -3.42. The summed E-state index contributed by atoms with van der Waals surface area (Å²) < 4.78 is 4.95. The maximum Gasteiger partial charge on any atom is 0.328 e. The minimum Gasteiger partial charge on any atom is -0.467 e. The number of carbonyl (C=O) groups is 6. The van der Waals surface area contributed by atoms with Gasteiger partial charge in [-0.3, -0.25) is 24.0 Å². The zero-order chi connectivity index (χ0) is 41.5. The lowest BCUT2D eigenvalue weighted by atomic mass is 9.95. The van der Waals surface area contributed by atoms with Crippen LogP contribution in [0.1, 0.15) is 77.3 Å². The van der Waals surface area contributed by atoms with Gasteiger partial charge in [0.15, 0.2) is 0 Å². The molecule has 7 atom stereocenters. The normalized spacial score (nSPS) is 19.4. The first-order valence-corrected chi connectivity index (χ1v) is 20.0. The summed E-state index contributed by atoms with van der Waals surface area (Å²) in [5, 5.41) is 25.9. The van der Waals surface area contributed by atoms with Crippen LogP contribution in [0.15, 0.2) is 72.8 Å². The lowest BCUT2D eigenvalue weighted by Gasteiger charge is -2.41. The van der Waals surface area contributed by atoms with Crippen molar-refractivity contribution in [1.29, 1.82) is 0 Å². The highest BCUT2D eigenvalue weighted by Crippen LogP contribution is 2.26. The van der Waals surface area contributed by atoms with Gasteiger partial charge in [0.1, 0.15) is 12.1 Å². The second-order valence-electron chi connectivity index (χ2n) is 15.5. The Bertz CT molecular complexity index is 1690. The highest BCUT2D eigenvalue weighted by atomic mass is 16.5. The van der Waals surface area contributed by atoms with E-state index in [1.165, 1.54) is 17.1 Å². The molecule has 2 heterocycles. The lowest BCUT2D eigenvalue weighted by molar-refractivity contribution is -0.167. The van der Waals surface area contributed by atoms with Crippen LogP contribution < -0.4 is 21.3 Å². The predicted octanol–water partition coefficient (Wildman–Crippen LogP) is 2.80. The van der Waals surface area contributed by atoms with Crippen LogP contribution >= 0.6 is 0 Å². The van der Waals surface area contributed by atoms with E-state index in [1.54, 1.807) is 19.1 Å². The van der Waals surface area contributed by atoms with Crippen molar-refractivity contribution in [2.24, 2.45) is 17.8 Å². The Labute approximate surface area is 336 Å². The number of benzene rings is 2. The first-order chi connectivity index (χ1) is 27.3. The molecular weight excluding hydrogens is 729 g/mol. The van der Waals surface area contributed by atoms with E-state index in [9.17, 15) is 33.9 Å². The standard InChI is InChI=1S/C43H60N6O8/c1-6-29(4)40(41(54)46-35(43(56)57-5)23-30-14-9-7-10-15-30)47-38(52)25-36(50)34(22-28(2)3)45-37(51)24-33-18-13-21-48-39(53)20-19-32(42(55)49(33)48)27-44-26-31-16-11-8-12-17-31/h7-18,28-29,32-36,40,44,50H,6,19-27H2,1-5H3,(H,45,51)(H,46,54)(H,47,52)/t29-,32?,33?,34-,35-,36-,40-/m0/s1. The van der Waals surface area contributed by atoms with Crippen molar-refractivity contribution in [3.05, 3.63) is 83.9 Å². The summed E-state index contributed by atoms with van der Waals surface area (Å²) in [6, 6.07) is 15.4. The fourth-order valence-corrected chi connectivity index (χ4v) is 7.23. The van der Waals surface area contributed by atoms with Gasteiger partial charge in [0.2, 0.25) is 29.5 Å². The Morgan fingerprint density at radius 3 is 2.21 bits per heavy atom. The molecule has 57 heavy (non-hydrogen) atoms.